The Morgan fingerprint density at radius 1 is 1.64 bits per heavy atom. The fourth-order valence-electron chi connectivity index (χ4n) is 1.44. The zero-order chi connectivity index (χ0) is 9.97. The van der Waals surface area contributed by atoms with Crippen molar-refractivity contribution in [1.82, 2.24) is 5.32 Å². The van der Waals surface area contributed by atoms with Crippen molar-refractivity contribution >= 4 is 33.2 Å². The van der Waals surface area contributed by atoms with Gasteiger partial charge in [0.25, 0.3) is 0 Å². The monoisotopic (exact) mass is 273 g/mol. The summed E-state index contributed by atoms with van der Waals surface area (Å²) in [4.78, 5) is 12.7. The summed E-state index contributed by atoms with van der Waals surface area (Å²) in [5.74, 6) is 0.513. The average Bonchev–Trinajstić information content (AvgIpc) is 2.45. The van der Waals surface area contributed by atoms with Crippen LogP contribution in [0.5, 0.6) is 0 Å². The van der Waals surface area contributed by atoms with Crippen LogP contribution < -0.4 is 5.32 Å². The first-order valence-electron chi connectivity index (χ1n) is 4.76. The Balaban J connectivity index is 1.79. The maximum atomic E-state index is 11.5. The molecule has 0 atom stereocenters. The van der Waals surface area contributed by atoms with Gasteiger partial charge < -0.3 is 5.32 Å². The van der Waals surface area contributed by atoms with Gasteiger partial charge in [0.05, 0.1) is 6.54 Å². The molecule has 0 unspecified atom stereocenters. The Bertz CT molecular complexity index is 333. The normalized spacial score (nSPS) is 16.4. The van der Waals surface area contributed by atoms with E-state index in [0.717, 1.165) is 17.3 Å². The molecule has 1 heterocycles. The first-order chi connectivity index (χ1) is 6.75. The molecule has 2 rings (SSSR count). The van der Waals surface area contributed by atoms with Crippen molar-refractivity contribution in [3.05, 3.63) is 20.8 Å². The summed E-state index contributed by atoms with van der Waals surface area (Å²) in [6.45, 7) is 0.672. The maximum Gasteiger partial charge on any atom is 0.223 e. The van der Waals surface area contributed by atoms with E-state index in [4.69, 9.17) is 0 Å². The minimum atomic E-state index is 0.223. The lowest BCUT2D eigenvalue weighted by atomic mass is 9.85. The van der Waals surface area contributed by atoms with E-state index in [-0.39, 0.29) is 5.91 Å². The van der Waals surface area contributed by atoms with Crippen molar-refractivity contribution in [3.63, 3.8) is 0 Å². The van der Waals surface area contributed by atoms with Crippen LogP contribution in [0.1, 0.15) is 24.1 Å². The van der Waals surface area contributed by atoms with Crippen molar-refractivity contribution in [2.24, 2.45) is 5.92 Å². The van der Waals surface area contributed by atoms with Crippen LogP contribution in [-0.2, 0) is 11.3 Å². The fourth-order valence-corrected chi connectivity index (χ4v) is 2.83. The third kappa shape index (κ3) is 2.36. The van der Waals surface area contributed by atoms with Gasteiger partial charge in [-0.15, -0.1) is 11.3 Å². The molecule has 1 fully saturated rings. The number of rotatable bonds is 3. The minimum absolute atomic E-state index is 0.223. The lowest BCUT2D eigenvalue weighted by molar-refractivity contribution is -0.127. The molecule has 1 aliphatic rings. The van der Waals surface area contributed by atoms with Crippen LogP contribution in [0.3, 0.4) is 0 Å². The Kier molecular flexibility index (Phi) is 3.23. The molecule has 0 bridgehead atoms. The molecule has 76 valence electrons. The highest BCUT2D eigenvalue weighted by atomic mass is 79.9. The van der Waals surface area contributed by atoms with E-state index in [9.17, 15) is 4.79 Å². The fraction of sp³-hybridized carbons (Fsp3) is 0.500. The molecule has 4 heteroatoms. The number of halogens is 1. The van der Waals surface area contributed by atoms with Crippen molar-refractivity contribution < 1.29 is 4.79 Å². The number of carbonyl (C=O) groups is 1. The summed E-state index contributed by atoms with van der Waals surface area (Å²) >= 11 is 5.06. The summed E-state index contributed by atoms with van der Waals surface area (Å²) < 4.78 is 1.09. The standard InChI is InChI=1S/C10H12BrNOS/c11-8-4-9(14-6-8)5-12-10(13)7-2-1-3-7/h4,6-7H,1-3,5H2,(H,12,13). The number of thiophene rings is 1. The van der Waals surface area contributed by atoms with Crippen LogP contribution in [0.25, 0.3) is 0 Å². The third-order valence-electron chi connectivity index (χ3n) is 2.53. The molecule has 0 aromatic carbocycles. The largest absolute Gasteiger partial charge is 0.351 e. The molecule has 14 heavy (non-hydrogen) atoms. The second-order valence-corrected chi connectivity index (χ2v) is 5.49. The van der Waals surface area contributed by atoms with Gasteiger partial charge in [0.2, 0.25) is 5.91 Å². The number of nitrogens with one attached hydrogen (secondary N) is 1. The first-order valence-corrected chi connectivity index (χ1v) is 6.43. The highest BCUT2D eigenvalue weighted by Crippen LogP contribution is 2.26. The number of carbonyl (C=O) groups excluding carboxylic acids is 1. The third-order valence-corrected chi connectivity index (χ3v) is 4.23. The van der Waals surface area contributed by atoms with Gasteiger partial charge in [-0.25, -0.2) is 0 Å². The quantitative estimate of drug-likeness (QED) is 0.902. The summed E-state index contributed by atoms with van der Waals surface area (Å²) in [6.07, 6.45) is 3.35. The molecular formula is C10H12BrNOS. The number of hydrogen-bond acceptors (Lipinski definition) is 2. The highest BCUT2D eigenvalue weighted by molar-refractivity contribution is 9.10. The Labute approximate surface area is 95.8 Å². The van der Waals surface area contributed by atoms with Crippen molar-refractivity contribution in [2.45, 2.75) is 25.8 Å². The molecule has 0 aliphatic heterocycles. The molecule has 0 radical (unpaired) electrons. The summed E-state index contributed by atoms with van der Waals surface area (Å²) in [5, 5.41) is 5.00. The van der Waals surface area contributed by atoms with Crippen LogP contribution in [0.15, 0.2) is 15.9 Å². The van der Waals surface area contributed by atoms with Gasteiger partial charge in [-0.05, 0) is 34.8 Å². The Hall–Kier alpha value is -0.350. The predicted molar refractivity (Wildman–Crippen MR) is 61.2 cm³/mol. The number of hydrogen-bond donors (Lipinski definition) is 1. The second kappa shape index (κ2) is 4.45. The zero-order valence-corrected chi connectivity index (χ0v) is 10.2. The van der Waals surface area contributed by atoms with E-state index in [1.54, 1.807) is 11.3 Å². The molecule has 0 spiro atoms. The number of amides is 1. The Morgan fingerprint density at radius 3 is 2.93 bits per heavy atom. The summed E-state index contributed by atoms with van der Waals surface area (Å²) in [6, 6.07) is 2.05. The molecule has 1 saturated carbocycles. The van der Waals surface area contributed by atoms with E-state index >= 15 is 0 Å². The molecule has 1 N–H and O–H groups in total. The van der Waals surface area contributed by atoms with Crippen LogP contribution in [0.4, 0.5) is 0 Å². The SMILES string of the molecule is O=C(NCc1cc(Br)cs1)C1CCC1. The zero-order valence-electron chi connectivity index (χ0n) is 7.75. The van der Waals surface area contributed by atoms with Gasteiger partial charge >= 0.3 is 0 Å². The van der Waals surface area contributed by atoms with E-state index in [1.165, 1.54) is 11.3 Å². The molecule has 1 amide bonds. The van der Waals surface area contributed by atoms with Crippen LogP contribution >= 0.6 is 27.3 Å². The lowest BCUT2D eigenvalue weighted by Gasteiger charge is -2.23. The maximum absolute atomic E-state index is 11.5. The van der Waals surface area contributed by atoms with E-state index < -0.39 is 0 Å². The molecule has 2 nitrogen and oxygen atoms in total. The van der Waals surface area contributed by atoms with Crippen LogP contribution in [0.2, 0.25) is 0 Å². The van der Waals surface area contributed by atoms with Crippen molar-refractivity contribution in [3.8, 4) is 0 Å². The molecule has 1 aromatic rings. The van der Waals surface area contributed by atoms with Gasteiger partial charge in [0.15, 0.2) is 0 Å². The topological polar surface area (TPSA) is 29.1 Å². The highest BCUT2D eigenvalue weighted by Gasteiger charge is 2.24. The molecular weight excluding hydrogens is 262 g/mol. The molecule has 0 saturated heterocycles. The Morgan fingerprint density at radius 2 is 2.43 bits per heavy atom. The van der Waals surface area contributed by atoms with Gasteiger partial charge in [-0.2, -0.15) is 0 Å². The van der Waals surface area contributed by atoms with Gasteiger partial charge in [0, 0.05) is 20.6 Å². The summed E-state index contributed by atoms with van der Waals surface area (Å²) in [5.41, 5.74) is 0. The smallest absolute Gasteiger partial charge is 0.223 e. The molecule has 1 aliphatic carbocycles. The summed E-state index contributed by atoms with van der Waals surface area (Å²) in [7, 11) is 0. The minimum Gasteiger partial charge on any atom is -0.351 e. The van der Waals surface area contributed by atoms with Gasteiger partial charge in [0.1, 0.15) is 0 Å². The van der Waals surface area contributed by atoms with E-state index in [0.29, 0.717) is 12.5 Å². The average molecular weight is 274 g/mol. The van der Waals surface area contributed by atoms with E-state index in [1.807, 2.05) is 11.4 Å². The van der Waals surface area contributed by atoms with Gasteiger partial charge in [-0.3, -0.25) is 4.79 Å². The molecule has 1 aromatic heterocycles. The van der Waals surface area contributed by atoms with Crippen molar-refractivity contribution in [1.29, 1.82) is 0 Å². The lowest BCUT2D eigenvalue weighted by Crippen LogP contribution is -2.33. The van der Waals surface area contributed by atoms with Crippen LogP contribution in [-0.4, -0.2) is 5.91 Å². The second-order valence-electron chi connectivity index (χ2n) is 3.58. The predicted octanol–water partition coefficient (Wildman–Crippen LogP) is 2.93. The van der Waals surface area contributed by atoms with Crippen molar-refractivity contribution in [2.75, 3.05) is 0 Å². The van der Waals surface area contributed by atoms with E-state index in [2.05, 4.69) is 21.2 Å². The first kappa shape index (κ1) is 10.2. The van der Waals surface area contributed by atoms with Gasteiger partial charge in [-0.1, -0.05) is 6.42 Å². The van der Waals surface area contributed by atoms with Crippen LogP contribution in [0, 0.1) is 5.92 Å².